The molecule has 0 saturated carbocycles. The molecule has 9 heteroatoms. The summed E-state index contributed by atoms with van der Waals surface area (Å²) >= 11 is 0. The minimum atomic E-state index is -0.632. The van der Waals surface area contributed by atoms with Crippen molar-refractivity contribution in [2.24, 2.45) is 0 Å². The Bertz CT molecular complexity index is 990. The predicted octanol–water partition coefficient (Wildman–Crippen LogP) is 3.33. The quantitative estimate of drug-likeness (QED) is 0.563. The highest BCUT2D eigenvalue weighted by molar-refractivity contribution is 5.94. The molecule has 0 aliphatic heterocycles. The van der Waals surface area contributed by atoms with E-state index in [0.717, 1.165) is 5.76 Å². The molecule has 3 aromatic rings. The number of hydrogen-bond acceptors (Lipinski definition) is 9. The molecular formula is C19H20N2O7. The van der Waals surface area contributed by atoms with Crippen LogP contribution in [0.25, 0.3) is 11.5 Å². The molecule has 2 heterocycles. The summed E-state index contributed by atoms with van der Waals surface area (Å²) in [4.78, 5) is 12.5. The molecule has 28 heavy (non-hydrogen) atoms. The average molecular weight is 388 g/mol. The first kappa shape index (κ1) is 19.3. The fourth-order valence-corrected chi connectivity index (χ4v) is 2.73. The monoisotopic (exact) mass is 388 g/mol. The second-order valence-corrected chi connectivity index (χ2v) is 5.79. The van der Waals surface area contributed by atoms with Crippen LogP contribution in [-0.4, -0.2) is 37.5 Å². The zero-order valence-electron chi connectivity index (χ0n) is 16.2. The van der Waals surface area contributed by atoms with Crippen molar-refractivity contribution < 1.29 is 32.6 Å². The summed E-state index contributed by atoms with van der Waals surface area (Å²) in [5.41, 5.74) is 0.880. The van der Waals surface area contributed by atoms with Gasteiger partial charge in [0.25, 0.3) is 11.8 Å². The second-order valence-electron chi connectivity index (χ2n) is 5.79. The molecule has 0 radical (unpaired) electrons. The number of ether oxygens (including phenoxy) is 4. The number of rotatable bonds is 7. The molecule has 2 aromatic heterocycles. The van der Waals surface area contributed by atoms with Crippen LogP contribution < -0.4 is 14.2 Å². The maximum Gasteiger partial charge on any atom is 0.342 e. The van der Waals surface area contributed by atoms with Gasteiger partial charge < -0.3 is 27.8 Å². The van der Waals surface area contributed by atoms with Crippen LogP contribution in [0.5, 0.6) is 17.2 Å². The maximum atomic E-state index is 12.5. The van der Waals surface area contributed by atoms with Gasteiger partial charge in [-0.3, -0.25) is 0 Å². The Morgan fingerprint density at radius 1 is 1.00 bits per heavy atom. The van der Waals surface area contributed by atoms with E-state index >= 15 is 0 Å². The van der Waals surface area contributed by atoms with Crippen LogP contribution in [0, 0.1) is 13.8 Å². The summed E-state index contributed by atoms with van der Waals surface area (Å²) in [5, 5.41) is 7.87. The summed E-state index contributed by atoms with van der Waals surface area (Å²) in [6, 6.07) is 4.92. The van der Waals surface area contributed by atoms with Gasteiger partial charge in [0.2, 0.25) is 5.75 Å². The molecule has 0 aliphatic carbocycles. The molecule has 0 unspecified atom stereocenters. The minimum absolute atomic E-state index is 0.154. The Morgan fingerprint density at radius 2 is 1.75 bits per heavy atom. The summed E-state index contributed by atoms with van der Waals surface area (Å²) in [6.45, 7) is 3.43. The van der Waals surface area contributed by atoms with Crippen LogP contribution >= 0.6 is 0 Å². The van der Waals surface area contributed by atoms with E-state index in [1.165, 1.54) is 27.4 Å². The summed E-state index contributed by atoms with van der Waals surface area (Å²) in [5.74, 6) is 2.16. The van der Waals surface area contributed by atoms with Crippen molar-refractivity contribution in [3.8, 4) is 28.7 Å². The molecule has 0 fully saturated rings. The lowest BCUT2D eigenvalue weighted by Gasteiger charge is -2.14. The van der Waals surface area contributed by atoms with Gasteiger partial charge in [-0.25, -0.2) is 4.79 Å². The van der Waals surface area contributed by atoms with E-state index in [0.29, 0.717) is 28.7 Å². The van der Waals surface area contributed by atoms with E-state index < -0.39 is 5.97 Å². The van der Waals surface area contributed by atoms with Crippen molar-refractivity contribution in [2.75, 3.05) is 21.3 Å². The number of hydrogen-bond donors (Lipinski definition) is 0. The first-order chi connectivity index (χ1) is 13.5. The molecule has 3 rings (SSSR count). The zero-order valence-corrected chi connectivity index (χ0v) is 16.2. The zero-order chi connectivity index (χ0) is 20.3. The van der Waals surface area contributed by atoms with Gasteiger partial charge in [-0.2, -0.15) is 0 Å². The van der Waals surface area contributed by atoms with Crippen molar-refractivity contribution in [1.82, 2.24) is 10.2 Å². The molecule has 0 N–H and O–H groups in total. The molecule has 0 bridgehead atoms. The number of furan rings is 1. The molecule has 0 spiro atoms. The largest absolute Gasteiger partial charge is 0.493 e. The van der Waals surface area contributed by atoms with Gasteiger partial charge in [-0.15, -0.1) is 10.2 Å². The summed E-state index contributed by atoms with van der Waals surface area (Å²) in [7, 11) is 4.37. The van der Waals surface area contributed by atoms with Crippen molar-refractivity contribution in [1.29, 1.82) is 0 Å². The third kappa shape index (κ3) is 3.64. The number of methoxy groups -OCH3 is 3. The van der Waals surface area contributed by atoms with Gasteiger partial charge in [0.15, 0.2) is 18.1 Å². The molecule has 1 aromatic carbocycles. The smallest absolute Gasteiger partial charge is 0.342 e. The summed E-state index contributed by atoms with van der Waals surface area (Å²) in [6.07, 6.45) is 0. The Balaban J connectivity index is 1.75. The van der Waals surface area contributed by atoms with Gasteiger partial charge in [0, 0.05) is 0 Å². The van der Waals surface area contributed by atoms with E-state index in [1.807, 2.05) is 6.92 Å². The molecule has 0 amide bonds. The first-order valence-corrected chi connectivity index (χ1v) is 8.34. The highest BCUT2D eigenvalue weighted by Crippen LogP contribution is 2.40. The van der Waals surface area contributed by atoms with Crippen molar-refractivity contribution >= 4 is 5.97 Å². The SMILES string of the molecule is COc1ccc(C(=O)OCc2nnc(-c3cc(C)oc3C)o2)c(OC)c1OC. The van der Waals surface area contributed by atoms with Crippen molar-refractivity contribution in [3.63, 3.8) is 0 Å². The van der Waals surface area contributed by atoms with Gasteiger partial charge in [-0.05, 0) is 32.0 Å². The van der Waals surface area contributed by atoms with Gasteiger partial charge in [-0.1, -0.05) is 0 Å². The van der Waals surface area contributed by atoms with Crippen LogP contribution in [0.4, 0.5) is 0 Å². The van der Waals surface area contributed by atoms with Gasteiger partial charge >= 0.3 is 5.97 Å². The third-order valence-electron chi connectivity index (χ3n) is 3.99. The van der Waals surface area contributed by atoms with Crippen molar-refractivity contribution in [3.05, 3.63) is 41.2 Å². The topological polar surface area (TPSA) is 106 Å². The fraction of sp³-hybridized carbons (Fsp3) is 0.316. The third-order valence-corrected chi connectivity index (χ3v) is 3.99. The van der Waals surface area contributed by atoms with Crippen molar-refractivity contribution in [2.45, 2.75) is 20.5 Å². The normalized spacial score (nSPS) is 10.6. The van der Waals surface area contributed by atoms with Gasteiger partial charge in [0.1, 0.15) is 17.1 Å². The lowest BCUT2D eigenvalue weighted by Crippen LogP contribution is -2.09. The van der Waals surface area contributed by atoms with Gasteiger partial charge in [0.05, 0.1) is 26.9 Å². The van der Waals surface area contributed by atoms with E-state index in [1.54, 1.807) is 19.1 Å². The average Bonchev–Trinajstić information content (AvgIpc) is 3.30. The van der Waals surface area contributed by atoms with E-state index in [2.05, 4.69) is 10.2 Å². The van der Waals surface area contributed by atoms with Crippen LogP contribution in [0.15, 0.2) is 27.0 Å². The molecule has 9 nitrogen and oxygen atoms in total. The van der Waals surface area contributed by atoms with Crippen LogP contribution in [0.3, 0.4) is 0 Å². The number of aryl methyl sites for hydroxylation is 2. The number of carbonyl (C=O) groups is 1. The standard InChI is InChI=1S/C19H20N2O7/c1-10-8-13(11(2)27-10)18-21-20-15(28-18)9-26-19(22)12-6-7-14(23-3)17(25-5)16(12)24-4/h6-8H,9H2,1-5H3. The fourth-order valence-electron chi connectivity index (χ4n) is 2.73. The lowest BCUT2D eigenvalue weighted by atomic mass is 10.1. The first-order valence-electron chi connectivity index (χ1n) is 8.34. The number of carbonyl (C=O) groups excluding carboxylic acids is 1. The van der Waals surface area contributed by atoms with Crippen LogP contribution in [0.2, 0.25) is 0 Å². The second kappa shape index (κ2) is 8.03. The Kier molecular flexibility index (Phi) is 5.53. The predicted molar refractivity (Wildman–Crippen MR) is 96.7 cm³/mol. The van der Waals surface area contributed by atoms with E-state index in [-0.39, 0.29) is 23.8 Å². The number of aromatic nitrogens is 2. The number of esters is 1. The highest BCUT2D eigenvalue weighted by Gasteiger charge is 2.22. The lowest BCUT2D eigenvalue weighted by molar-refractivity contribution is 0.0434. The Morgan fingerprint density at radius 3 is 2.36 bits per heavy atom. The summed E-state index contributed by atoms with van der Waals surface area (Å²) < 4.78 is 32.0. The van der Waals surface area contributed by atoms with E-state index in [4.69, 9.17) is 27.8 Å². The molecule has 148 valence electrons. The highest BCUT2D eigenvalue weighted by atomic mass is 16.6. The maximum absolute atomic E-state index is 12.5. The molecule has 0 saturated heterocycles. The molecular weight excluding hydrogens is 368 g/mol. The van der Waals surface area contributed by atoms with Crippen LogP contribution in [0.1, 0.15) is 27.8 Å². The Labute approximate surface area is 161 Å². The van der Waals surface area contributed by atoms with E-state index in [9.17, 15) is 4.79 Å². The number of benzene rings is 1. The molecule has 0 atom stereocenters. The Hall–Kier alpha value is -3.49. The van der Waals surface area contributed by atoms with Crippen LogP contribution in [-0.2, 0) is 11.3 Å². The molecule has 0 aliphatic rings. The number of nitrogens with zero attached hydrogens (tertiary/aromatic N) is 2. The minimum Gasteiger partial charge on any atom is -0.493 e.